The monoisotopic (exact) mass is 275 g/mol. The predicted molar refractivity (Wildman–Crippen MR) is 74.2 cm³/mol. The summed E-state index contributed by atoms with van der Waals surface area (Å²) in [6, 6.07) is 4.93. The second-order valence-electron chi connectivity index (χ2n) is 6.21. The molecule has 0 atom stereocenters. The lowest BCUT2D eigenvalue weighted by Gasteiger charge is -2.17. The SMILES string of the molecule is CC(C)(C)c1nc(CN2CCc3ccc(F)cc32)no1. The standard InChI is InChI=1S/C15H18FN3O/c1-15(2,3)14-17-13(18-20-14)9-19-7-6-10-4-5-11(16)8-12(10)19/h4-5,8H,6-7,9H2,1-3H3. The fourth-order valence-electron chi connectivity index (χ4n) is 2.38. The third kappa shape index (κ3) is 2.40. The maximum atomic E-state index is 13.4. The number of aromatic nitrogens is 2. The van der Waals surface area contributed by atoms with E-state index in [4.69, 9.17) is 4.52 Å². The van der Waals surface area contributed by atoms with Crippen molar-refractivity contribution in [2.45, 2.75) is 39.2 Å². The molecule has 5 heteroatoms. The molecule has 3 rings (SSSR count). The second-order valence-corrected chi connectivity index (χ2v) is 6.21. The minimum Gasteiger partial charge on any atom is -0.363 e. The molecule has 0 saturated carbocycles. The van der Waals surface area contributed by atoms with E-state index < -0.39 is 0 Å². The zero-order valence-corrected chi connectivity index (χ0v) is 12.0. The van der Waals surface area contributed by atoms with Gasteiger partial charge in [-0.05, 0) is 24.1 Å². The summed E-state index contributed by atoms with van der Waals surface area (Å²) in [5.41, 5.74) is 1.96. The van der Waals surface area contributed by atoms with Gasteiger partial charge in [-0.3, -0.25) is 0 Å². The largest absolute Gasteiger partial charge is 0.363 e. The highest BCUT2D eigenvalue weighted by Crippen LogP contribution is 2.30. The number of nitrogens with zero attached hydrogens (tertiary/aromatic N) is 3. The van der Waals surface area contributed by atoms with Crippen LogP contribution in [0.1, 0.15) is 38.0 Å². The first-order valence-corrected chi connectivity index (χ1v) is 6.80. The molecule has 0 saturated heterocycles. The molecule has 1 aromatic carbocycles. The third-order valence-electron chi connectivity index (χ3n) is 3.48. The molecule has 2 aromatic rings. The Morgan fingerprint density at radius 2 is 2.15 bits per heavy atom. The Labute approximate surface area is 117 Å². The molecule has 20 heavy (non-hydrogen) atoms. The fourth-order valence-corrected chi connectivity index (χ4v) is 2.38. The second kappa shape index (κ2) is 4.58. The average molecular weight is 275 g/mol. The molecule has 0 fully saturated rings. The van der Waals surface area contributed by atoms with Gasteiger partial charge in [-0.15, -0.1) is 0 Å². The van der Waals surface area contributed by atoms with E-state index in [1.165, 1.54) is 11.6 Å². The van der Waals surface area contributed by atoms with Crippen molar-refractivity contribution < 1.29 is 8.91 Å². The van der Waals surface area contributed by atoms with Crippen molar-refractivity contribution in [1.29, 1.82) is 0 Å². The van der Waals surface area contributed by atoms with Crippen LogP contribution in [-0.2, 0) is 18.4 Å². The van der Waals surface area contributed by atoms with Gasteiger partial charge >= 0.3 is 0 Å². The van der Waals surface area contributed by atoms with Gasteiger partial charge in [0.05, 0.1) is 6.54 Å². The number of benzene rings is 1. The Kier molecular flexibility index (Phi) is 3.00. The van der Waals surface area contributed by atoms with Gasteiger partial charge in [0.1, 0.15) is 5.82 Å². The van der Waals surface area contributed by atoms with Crippen molar-refractivity contribution in [3.05, 3.63) is 41.3 Å². The van der Waals surface area contributed by atoms with Gasteiger partial charge in [-0.25, -0.2) is 4.39 Å². The predicted octanol–water partition coefficient (Wildman–Crippen LogP) is 3.07. The Bertz CT molecular complexity index is 630. The third-order valence-corrected chi connectivity index (χ3v) is 3.48. The Morgan fingerprint density at radius 3 is 2.85 bits per heavy atom. The summed E-state index contributed by atoms with van der Waals surface area (Å²) in [7, 11) is 0. The van der Waals surface area contributed by atoms with Crippen molar-refractivity contribution in [1.82, 2.24) is 10.1 Å². The number of hydrogen-bond acceptors (Lipinski definition) is 4. The summed E-state index contributed by atoms with van der Waals surface area (Å²) >= 11 is 0. The molecule has 0 N–H and O–H groups in total. The lowest BCUT2D eigenvalue weighted by molar-refractivity contribution is 0.318. The van der Waals surface area contributed by atoms with Gasteiger partial charge in [0.25, 0.3) is 0 Å². The number of hydrogen-bond donors (Lipinski definition) is 0. The fraction of sp³-hybridized carbons (Fsp3) is 0.467. The van der Waals surface area contributed by atoms with Crippen LogP contribution in [0.15, 0.2) is 22.7 Å². The number of fused-ring (bicyclic) bond motifs is 1. The molecule has 1 aromatic heterocycles. The average Bonchev–Trinajstić information content (AvgIpc) is 2.97. The van der Waals surface area contributed by atoms with Gasteiger partial charge < -0.3 is 9.42 Å². The van der Waals surface area contributed by atoms with Crippen LogP contribution in [0.2, 0.25) is 0 Å². The van der Waals surface area contributed by atoms with E-state index in [-0.39, 0.29) is 11.2 Å². The Balaban J connectivity index is 1.80. The molecule has 0 bridgehead atoms. The molecule has 0 radical (unpaired) electrons. The molecule has 106 valence electrons. The van der Waals surface area contributed by atoms with E-state index in [0.29, 0.717) is 18.3 Å². The van der Waals surface area contributed by atoms with Crippen molar-refractivity contribution in [2.75, 3.05) is 11.4 Å². The first kappa shape index (κ1) is 13.1. The molecular formula is C15H18FN3O. The highest BCUT2D eigenvalue weighted by Gasteiger charge is 2.24. The van der Waals surface area contributed by atoms with Crippen LogP contribution in [-0.4, -0.2) is 16.7 Å². The topological polar surface area (TPSA) is 42.2 Å². The van der Waals surface area contributed by atoms with E-state index in [9.17, 15) is 4.39 Å². The summed E-state index contributed by atoms with van der Waals surface area (Å²) in [5.74, 6) is 1.07. The van der Waals surface area contributed by atoms with Gasteiger partial charge in [-0.1, -0.05) is 32.0 Å². The van der Waals surface area contributed by atoms with Crippen molar-refractivity contribution >= 4 is 5.69 Å². The summed E-state index contributed by atoms with van der Waals surface area (Å²) in [5, 5.41) is 4.02. The van der Waals surface area contributed by atoms with E-state index in [2.05, 4.69) is 15.0 Å². The van der Waals surface area contributed by atoms with Crippen molar-refractivity contribution in [3.8, 4) is 0 Å². The first-order chi connectivity index (χ1) is 9.43. The summed E-state index contributed by atoms with van der Waals surface area (Å²) in [4.78, 5) is 6.52. The van der Waals surface area contributed by atoms with Gasteiger partial charge in [-0.2, -0.15) is 4.98 Å². The van der Waals surface area contributed by atoms with E-state index in [1.807, 2.05) is 26.8 Å². The van der Waals surface area contributed by atoms with Crippen LogP contribution in [0.4, 0.5) is 10.1 Å². The maximum absolute atomic E-state index is 13.4. The number of rotatable bonds is 2. The Hall–Kier alpha value is -1.91. The highest BCUT2D eigenvalue weighted by atomic mass is 19.1. The minimum absolute atomic E-state index is 0.153. The summed E-state index contributed by atoms with van der Waals surface area (Å²) in [6.45, 7) is 7.51. The molecule has 1 aliphatic rings. The maximum Gasteiger partial charge on any atom is 0.232 e. The van der Waals surface area contributed by atoms with Crippen LogP contribution in [0.3, 0.4) is 0 Å². The molecule has 0 aliphatic carbocycles. The first-order valence-electron chi connectivity index (χ1n) is 6.80. The Morgan fingerprint density at radius 1 is 1.35 bits per heavy atom. The molecule has 2 heterocycles. The summed E-state index contributed by atoms with van der Waals surface area (Å²) < 4.78 is 18.6. The van der Waals surface area contributed by atoms with Crippen molar-refractivity contribution in [3.63, 3.8) is 0 Å². The van der Waals surface area contributed by atoms with Crippen LogP contribution < -0.4 is 4.90 Å². The molecule has 4 nitrogen and oxygen atoms in total. The summed E-state index contributed by atoms with van der Waals surface area (Å²) in [6.07, 6.45) is 0.930. The number of halogens is 1. The highest BCUT2D eigenvalue weighted by molar-refractivity contribution is 5.58. The molecular weight excluding hydrogens is 257 g/mol. The van der Waals surface area contributed by atoms with E-state index >= 15 is 0 Å². The molecule has 0 amide bonds. The van der Waals surface area contributed by atoms with E-state index in [1.54, 1.807) is 6.07 Å². The van der Waals surface area contributed by atoms with Gasteiger partial charge in [0, 0.05) is 17.6 Å². The normalized spacial score (nSPS) is 14.7. The zero-order chi connectivity index (χ0) is 14.3. The van der Waals surface area contributed by atoms with Crippen LogP contribution >= 0.6 is 0 Å². The smallest absolute Gasteiger partial charge is 0.232 e. The van der Waals surface area contributed by atoms with E-state index in [0.717, 1.165) is 18.7 Å². The van der Waals surface area contributed by atoms with Gasteiger partial charge in [0.2, 0.25) is 5.89 Å². The van der Waals surface area contributed by atoms with Crippen molar-refractivity contribution in [2.24, 2.45) is 0 Å². The quantitative estimate of drug-likeness (QED) is 0.844. The lowest BCUT2D eigenvalue weighted by atomic mass is 9.97. The van der Waals surface area contributed by atoms with Crippen LogP contribution in [0.5, 0.6) is 0 Å². The lowest BCUT2D eigenvalue weighted by Crippen LogP contribution is -2.21. The zero-order valence-electron chi connectivity index (χ0n) is 12.0. The van der Waals surface area contributed by atoms with Crippen LogP contribution in [0.25, 0.3) is 0 Å². The molecule has 1 aliphatic heterocycles. The van der Waals surface area contributed by atoms with Crippen LogP contribution in [0, 0.1) is 5.82 Å². The van der Waals surface area contributed by atoms with Gasteiger partial charge in [0.15, 0.2) is 5.82 Å². The minimum atomic E-state index is -0.209. The molecule has 0 unspecified atom stereocenters. The molecule has 0 spiro atoms. The number of anilines is 1.